The summed E-state index contributed by atoms with van der Waals surface area (Å²) >= 11 is 5.80. The molecular formula is C12H18ClN3. The molecule has 1 aliphatic rings. The van der Waals surface area contributed by atoms with Gasteiger partial charge in [-0.05, 0) is 32.6 Å². The number of pyridine rings is 1. The first-order valence-corrected chi connectivity index (χ1v) is 6.16. The van der Waals surface area contributed by atoms with Crippen LogP contribution in [0.4, 0.5) is 5.69 Å². The summed E-state index contributed by atoms with van der Waals surface area (Å²) in [6.07, 6.45) is 3.07. The fraction of sp³-hybridized carbons (Fsp3) is 0.583. The number of hydrogen-bond donors (Lipinski definition) is 0. The number of hydrogen-bond acceptors (Lipinski definition) is 3. The SMILES string of the molecule is CN(C)C1CCN(c2ccnc(CCl)c2)C1. The minimum atomic E-state index is 0.485. The van der Waals surface area contributed by atoms with E-state index in [4.69, 9.17) is 11.6 Å². The standard InChI is InChI=1S/C12H18ClN3/c1-15(2)12-4-6-16(9-12)11-3-5-14-10(7-11)8-13/h3,5,7,12H,4,6,8-9H2,1-2H3. The first kappa shape index (κ1) is 11.7. The second-order valence-corrected chi connectivity index (χ2v) is 4.76. The third-order valence-corrected chi connectivity index (χ3v) is 3.47. The van der Waals surface area contributed by atoms with Crippen LogP contribution >= 0.6 is 11.6 Å². The lowest BCUT2D eigenvalue weighted by molar-refractivity contribution is 0.315. The van der Waals surface area contributed by atoms with Crippen LogP contribution in [-0.4, -0.2) is 43.1 Å². The molecule has 0 spiro atoms. The molecule has 16 heavy (non-hydrogen) atoms. The van der Waals surface area contributed by atoms with Crippen molar-refractivity contribution in [3.05, 3.63) is 24.0 Å². The number of halogens is 1. The number of likely N-dealkylation sites (N-methyl/N-ethyl adjacent to an activating group) is 1. The number of nitrogens with zero attached hydrogens (tertiary/aromatic N) is 3. The maximum Gasteiger partial charge on any atom is 0.0648 e. The third-order valence-electron chi connectivity index (χ3n) is 3.20. The topological polar surface area (TPSA) is 19.4 Å². The van der Waals surface area contributed by atoms with E-state index in [1.165, 1.54) is 12.1 Å². The monoisotopic (exact) mass is 239 g/mol. The molecule has 2 heterocycles. The van der Waals surface area contributed by atoms with Crippen molar-refractivity contribution in [1.82, 2.24) is 9.88 Å². The van der Waals surface area contributed by atoms with Crippen LogP contribution < -0.4 is 4.90 Å². The summed E-state index contributed by atoms with van der Waals surface area (Å²) < 4.78 is 0. The van der Waals surface area contributed by atoms with Crippen molar-refractivity contribution in [2.45, 2.75) is 18.3 Å². The zero-order valence-corrected chi connectivity index (χ0v) is 10.6. The second kappa shape index (κ2) is 5.02. The average molecular weight is 240 g/mol. The molecule has 1 atom stereocenters. The molecule has 0 amide bonds. The highest BCUT2D eigenvalue weighted by Gasteiger charge is 2.24. The highest BCUT2D eigenvalue weighted by Crippen LogP contribution is 2.22. The van der Waals surface area contributed by atoms with Crippen LogP contribution in [-0.2, 0) is 5.88 Å². The zero-order valence-electron chi connectivity index (χ0n) is 9.86. The Kier molecular flexibility index (Phi) is 3.66. The molecule has 1 aromatic rings. The van der Waals surface area contributed by atoms with Gasteiger partial charge < -0.3 is 9.80 Å². The van der Waals surface area contributed by atoms with E-state index in [9.17, 15) is 0 Å². The van der Waals surface area contributed by atoms with E-state index in [1.54, 1.807) is 0 Å². The Bertz CT molecular complexity index is 354. The molecule has 0 saturated carbocycles. The lowest BCUT2D eigenvalue weighted by Gasteiger charge is -2.21. The number of anilines is 1. The summed E-state index contributed by atoms with van der Waals surface area (Å²) in [6.45, 7) is 2.22. The van der Waals surface area contributed by atoms with Crippen molar-refractivity contribution >= 4 is 17.3 Å². The Morgan fingerprint density at radius 2 is 2.38 bits per heavy atom. The van der Waals surface area contributed by atoms with Crippen LogP contribution in [0.5, 0.6) is 0 Å². The minimum absolute atomic E-state index is 0.485. The average Bonchev–Trinajstić information content (AvgIpc) is 2.78. The van der Waals surface area contributed by atoms with Crippen LogP contribution in [0.2, 0.25) is 0 Å². The van der Waals surface area contributed by atoms with Crippen molar-refractivity contribution in [2.24, 2.45) is 0 Å². The quantitative estimate of drug-likeness (QED) is 0.752. The van der Waals surface area contributed by atoms with E-state index in [-0.39, 0.29) is 0 Å². The van der Waals surface area contributed by atoms with Gasteiger partial charge in [-0.3, -0.25) is 4.98 Å². The molecule has 1 aliphatic heterocycles. The van der Waals surface area contributed by atoms with Crippen molar-refractivity contribution in [2.75, 3.05) is 32.1 Å². The van der Waals surface area contributed by atoms with Gasteiger partial charge in [-0.1, -0.05) is 0 Å². The molecule has 1 aromatic heterocycles. The predicted octanol–water partition coefficient (Wildman–Crippen LogP) is 1.96. The minimum Gasteiger partial charge on any atom is -0.370 e. The van der Waals surface area contributed by atoms with Gasteiger partial charge in [0.1, 0.15) is 0 Å². The van der Waals surface area contributed by atoms with E-state index in [0.717, 1.165) is 18.8 Å². The Hall–Kier alpha value is -0.800. The van der Waals surface area contributed by atoms with E-state index in [0.29, 0.717) is 11.9 Å². The molecule has 4 heteroatoms. The zero-order chi connectivity index (χ0) is 11.5. The van der Waals surface area contributed by atoms with Gasteiger partial charge in [0.15, 0.2) is 0 Å². The van der Waals surface area contributed by atoms with Crippen molar-refractivity contribution in [1.29, 1.82) is 0 Å². The van der Waals surface area contributed by atoms with Gasteiger partial charge in [0.2, 0.25) is 0 Å². The van der Waals surface area contributed by atoms with Crippen molar-refractivity contribution in [3.63, 3.8) is 0 Å². The van der Waals surface area contributed by atoms with Gasteiger partial charge in [0.05, 0.1) is 11.6 Å². The summed E-state index contributed by atoms with van der Waals surface area (Å²) in [5.41, 5.74) is 2.20. The molecule has 1 fully saturated rings. The van der Waals surface area contributed by atoms with Crippen LogP contribution in [0, 0.1) is 0 Å². The smallest absolute Gasteiger partial charge is 0.0648 e. The van der Waals surface area contributed by atoms with E-state index >= 15 is 0 Å². The molecule has 0 N–H and O–H groups in total. The highest BCUT2D eigenvalue weighted by molar-refractivity contribution is 6.16. The van der Waals surface area contributed by atoms with Gasteiger partial charge in [-0.15, -0.1) is 11.6 Å². The molecule has 0 radical (unpaired) electrons. The Morgan fingerprint density at radius 3 is 3.00 bits per heavy atom. The fourth-order valence-corrected chi connectivity index (χ4v) is 2.28. The van der Waals surface area contributed by atoms with Gasteiger partial charge in [-0.25, -0.2) is 0 Å². The van der Waals surface area contributed by atoms with Crippen LogP contribution in [0.1, 0.15) is 12.1 Å². The van der Waals surface area contributed by atoms with Gasteiger partial charge in [0, 0.05) is 31.0 Å². The molecule has 0 aliphatic carbocycles. The lowest BCUT2D eigenvalue weighted by atomic mass is 10.2. The molecule has 1 unspecified atom stereocenters. The molecular weight excluding hydrogens is 222 g/mol. The predicted molar refractivity (Wildman–Crippen MR) is 68.1 cm³/mol. The van der Waals surface area contributed by atoms with Crippen molar-refractivity contribution in [3.8, 4) is 0 Å². The molecule has 0 aromatic carbocycles. The van der Waals surface area contributed by atoms with Crippen molar-refractivity contribution < 1.29 is 0 Å². The molecule has 0 bridgehead atoms. The maximum atomic E-state index is 5.80. The Balaban J connectivity index is 2.08. The van der Waals surface area contributed by atoms with Gasteiger partial charge in [-0.2, -0.15) is 0 Å². The van der Waals surface area contributed by atoms with E-state index in [2.05, 4.69) is 41.0 Å². The second-order valence-electron chi connectivity index (χ2n) is 4.49. The summed E-state index contributed by atoms with van der Waals surface area (Å²) in [5.74, 6) is 0.485. The number of rotatable bonds is 3. The van der Waals surface area contributed by atoms with Gasteiger partial charge in [0.25, 0.3) is 0 Å². The number of alkyl halides is 1. The highest BCUT2D eigenvalue weighted by atomic mass is 35.5. The summed E-state index contributed by atoms with van der Waals surface area (Å²) in [6, 6.07) is 4.81. The molecule has 1 saturated heterocycles. The first-order chi connectivity index (χ1) is 7.70. The van der Waals surface area contributed by atoms with E-state index < -0.39 is 0 Å². The van der Waals surface area contributed by atoms with Crippen LogP contribution in [0.3, 0.4) is 0 Å². The lowest BCUT2D eigenvalue weighted by Crippen LogP contribution is -2.31. The molecule has 88 valence electrons. The summed E-state index contributed by atoms with van der Waals surface area (Å²) in [5, 5.41) is 0. The largest absolute Gasteiger partial charge is 0.370 e. The third kappa shape index (κ3) is 2.47. The van der Waals surface area contributed by atoms with Gasteiger partial charge >= 0.3 is 0 Å². The summed E-state index contributed by atoms with van der Waals surface area (Å²) in [7, 11) is 4.29. The van der Waals surface area contributed by atoms with E-state index in [1.807, 2.05) is 6.20 Å². The van der Waals surface area contributed by atoms with Crippen LogP contribution in [0.25, 0.3) is 0 Å². The molecule has 2 rings (SSSR count). The summed E-state index contributed by atoms with van der Waals surface area (Å²) in [4.78, 5) is 8.91. The maximum absolute atomic E-state index is 5.80. The van der Waals surface area contributed by atoms with Crippen LogP contribution in [0.15, 0.2) is 18.3 Å². The Morgan fingerprint density at radius 1 is 1.56 bits per heavy atom. The first-order valence-electron chi connectivity index (χ1n) is 5.63. The number of aromatic nitrogens is 1. The Labute approximate surface area is 102 Å². The fourth-order valence-electron chi connectivity index (χ4n) is 2.13. The normalized spacial score (nSPS) is 20.8. The molecule has 3 nitrogen and oxygen atoms in total.